The van der Waals surface area contributed by atoms with Crippen LogP contribution in [0.15, 0.2) is 41.0 Å². The molecule has 2 aromatic rings. The van der Waals surface area contributed by atoms with E-state index < -0.39 is 5.82 Å². The number of hydrogen-bond donors (Lipinski definition) is 1. The lowest BCUT2D eigenvalue weighted by atomic mass is 10.2. The number of benzene rings is 1. The van der Waals surface area contributed by atoms with E-state index in [4.69, 9.17) is 0 Å². The summed E-state index contributed by atoms with van der Waals surface area (Å²) in [7, 11) is 0. The van der Waals surface area contributed by atoms with Crippen LogP contribution in [0.2, 0.25) is 0 Å². The Bertz CT molecular complexity index is 601. The SMILES string of the molecule is Cc1cc(C(=O)Nc2ccc(Br)cc2F)ccn1. The van der Waals surface area contributed by atoms with Crippen LogP contribution in [0.5, 0.6) is 0 Å². The normalized spacial score (nSPS) is 10.2. The lowest BCUT2D eigenvalue weighted by Crippen LogP contribution is -2.13. The highest BCUT2D eigenvalue weighted by Crippen LogP contribution is 2.20. The first kappa shape index (κ1) is 12.7. The first-order valence-corrected chi connectivity index (χ1v) is 6.04. The summed E-state index contributed by atoms with van der Waals surface area (Å²) in [6.07, 6.45) is 1.54. The Labute approximate surface area is 112 Å². The molecule has 0 fully saturated rings. The molecule has 0 saturated heterocycles. The summed E-state index contributed by atoms with van der Waals surface area (Å²) in [4.78, 5) is 15.9. The van der Waals surface area contributed by atoms with E-state index in [0.717, 1.165) is 5.69 Å². The minimum Gasteiger partial charge on any atom is -0.319 e. The van der Waals surface area contributed by atoms with Crippen LogP contribution in [0.1, 0.15) is 16.1 Å². The summed E-state index contributed by atoms with van der Waals surface area (Å²) < 4.78 is 14.2. The van der Waals surface area contributed by atoms with Gasteiger partial charge < -0.3 is 5.32 Å². The third-order valence-corrected chi connectivity index (χ3v) is 2.83. The highest BCUT2D eigenvalue weighted by Gasteiger charge is 2.09. The monoisotopic (exact) mass is 308 g/mol. The molecule has 0 aliphatic carbocycles. The molecule has 0 bridgehead atoms. The van der Waals surface area contributed by atoms with Crippen molar-refractivity contribution in [2.45, 2.75) is 6.92 Å². The number of aryl methyl sites for hydroxylation is 1. The molecule has 0 unspecified atom stereocenters. The zero-order valence-corrected chi connectivity index (χ0v) is 11.2. The quantitative estimate of drug-likeness (QED) is 0.922. The molecule has 1 aromatic heterocycles. The van der Waals surface area contributed by atoms with E-state index in [1.54, 1.807) is 31.3 Å². The Kier molecular flexibility index (Phi) is 3.72. The largest absolute Gasteiger partial charge is 0.319 e. The van der Waals surface area contributed by atoms with Gasteiger partial charge in [0.05, 0.1) is 5.69 Å². The molecule has 0 aliphatic heterocycles. The van der Waals surface area contributed by atoms with E-state index in [1.165, 1.54) is 12.1 Å². The van der Waals surface area contributed by atoms with Gasteiger partial charge in [0.25, 0.3) is 5.91 Å². The molecule has 1 aromatic carbocycles. The van der Waals surface area contributed by atoms with Gasteiger partial charge in [-0.2, -0.15) is 0 Å². The van der Waals surface area contributed by atoms with Crippen LogP contribution in [0, 0.1) is 12.7 Å². The summed E-state index contributed by atoms with van der Waals surface area (Å²) in [5.74, 6) is -0.842. The second-order valence-corrected chi connectivity index (χ2v) is 4.68. The third-order valence-electron chi connectivity index (χ3n) is 2.34. The third kappa shape index (κ3) is 2.92. The van der Waals surface area contributed by atoms with Crippen molar-refractivity contribution in [2.75, 3.05) is 5.32 Å². The maximum atomic E-state index is 13.5. The van der Waals surface area contributed by atoms with Gasteiger partial charge in [0.2, 0.25) is 0 Å². The first-order valence-electron chi connectivity index (χ1n) is 5.25. The Morgan fingerprint density at radius 1 is 1.33 bits per heavy atom. The smallest absolute Gasteiger partial charge is 0.255 e. The van der Waals surface area contributed by atoms with Crippen LogP contribution in [0.25, 0.3) is 0 Å². The van der Waals surface area contributed by atoms with Crippen LogP contribution in [0.4, 0.5) is 10.1 Å². The molecule has 0 spiro atoms. The minimum atomic E-state index is -0.483. The fourth-order valence-electron chi connectivity index (χ4n) is 1.47. The van der Waals surface area contributed by atoms with Crippen molar-refractivity contribution in [3.8, 4) is 0 Å². The molecule has 0 atom stereocenters. The maximum Gasteiger partial charge on any atom is 0.255 e. The molecular formula is C13H10BrFN2O. The maximum absolute atomic E-state index is 13.5. The number of nitrogens with zero attached hydrogens (tertiary/aromatic N) is 1. The number of pyridine rings is 1. The van der Waals surface area contributed by atoms with Crippen LogP contribution < -0.4 is 5.32 Å². The molecule has 92 valence electrons. The fourth-order valence-corrected chi connectivity index (χ4v) is 1.81. The van der Waals surface area contributed by atoms with Gasteiger partial charge in [-0.05, 0) is 37.3 Å². The molecule has 5 heteroatoms. The summed E-state index contributed by atoms with van der Waals surface area (Å²) >= 11 is 3.16. The van der Waals surface area contributed by atoms with Gasteiger partial charge in [-0.1, -0.05) is 15.9 Å². The topological polar surface area (TPSA) is 42.0 Å². The number of anilines is 1. The number of carbonyl (C=O) groups is 1. The molecule has 1 heterocycles. The van der Waals surface area contributed by atoms with Crippen LogP contribution >= 0.6 is 15.9 Å². The Hall–Kier alpha value is -1.75. The highest BCUT2D eigenvalue weighted by atomic mass is 79.9. The van der Waals surface area contributed by atoms with Crippen molar-refractivity contribution in [1.82, 2.24) is 4.98 Å². The Morgan fingerprint density at radius 3 is 2.78 bits per heavy atom. The van der Waals surface area contributed by atoms with Crippen LogP contribution in [-0.2, 0) is 0 Å². The molecular weight excluding hydrogens is 299 g/mol. The number of amides is 1. The van der Waals surface area contributed by atoms with Gasteiger partial charge in [-0.25, -0.2) is 4.39 Å². The van der Waals surface area contributed by atoms with Crippen molar-refractivity contribution in [1.29, 1.82) is 0 Å². The number of rotatable bonds is 2. The van der Waals surface area contributed by atoms with Gasteiger partial charge in [0.1, 0.15) is 5.82 Å². The Balaban J connectivity index is 2.21. The second kappa shape index (κ2) is 5.27. The summed E-state index contributed by atoms with van der Waals surface area (Å²) in [5.41, 5.74) is 1.33. The second-order valence-electron chi connectivity index (χ2n) is 3.76. The van der Waals surface area contributed by atoms with E-state index in [9.17, 15) is 9.18 Å². The molecule has 1 amide bonds. The van der Waals surface area contributed by atoms with Gasteiger partial charge in [0.15, 0.2) is 0 Å². The van der Waals surface area contributed by atoms with Crippen molar-refractivity contribution in [3.05, 3.63) is 58.1 Å². The van der Waals surface area contributed by atoms with E-state index in [1.807, 2.05) is 0 Å². The van der Waals surface area contributed by atoms with Gasteiger partial charge in [0, 0.05) is 21.9 Å². The number of halogens is 2. The van der Waals surface area contributed by atoms with Gasteiger partial charge in [-0.3, -0.25) is 9.78 Å². The van der Waals surface area contributed by atoms with Crippen LogP contribution in [-0.4, -0.2) is 10.9 Å². The number of aromatic nitrogens is 1. The lowest BCUT2D eigenvalue weighted by Gasteiger charge is -2.07. The Morgan fingerprint density at radius 2 is 2.11 bits per heavy atom. The van der Waals surface area contributed by atoms with E-state index >= 15 is 0 Å². The predicted octanol–water partition coefficient (Wildman–Crippen LogP) is 3.54. The molecule has 0 saturated carbocycles. The van der Waals surface area contributed by atoms with Crippen LogP contribution in [0.3, 0.4) is 0 Å². The fraction of sp³-hybridized carbons (Fsp3) is 0.0769. The van der Waals surface area contributed by atoms with Crippen molar-refractivity contribution >= 4 is 27.5 Å². The lowest BCUT2D eigenvalue weighted by molar-refractivity contribution is 0.102. The minimum absolute atomic E-state index is 0.151. The molecule has 2 rings (SSSR count). The number of nitrogens with one attached hydrogen (secondary N) is 1. The standard InChI is InChI=1S/C13H10BrFN2O/c1-8-6-9(4-5-16-8)13(18)17-12-3-2-10(14)7-11(12)15/h2-7H,1H3,(H,17,18). The van der Waals surface area contributed by atoms with Crippen molar-refractivity contribution in [3.63, 3.8) is 0 Å². The molecule has 0 radical (unpaired) electrons. The van der Waals surface area contributed by atoms with E-state index in [-0.39, 0.29) is 11.6 Å². The molecule has 3 nitrogen and oxygen atoms in total. The summed E-state index contributed by atoms with van der Waals surface area (Å²) in [5, 5.41) is 2.52. The average Bonchev–Trinajstić information content (AvgIpc) is 2.32. The molecule has 1 N–H and O–H groups in total. The highest BCUT2D eigenvalue weighted by molar-refractivity contribution is 9.10. The summed E-state index contributed by atoms with van der Waals surface area (Å²) in [6, 6.07) is 7.69. The number of hydrogen-bond acceptors (Lipinski definition) is 2. The molecule has 18 heavy (non-hydrogen) atoms. The average molecular weight is 309 g/mol. The molecule has 0 aliphatic rings. The zero-order valence-electron chi connectivity index (χ0n) is 9.58. The summed E-state index contributed by atoms with van der Waals surface area (Å²) in [6.45, 7) is 1.79. The van der Waals surface area contributed by atoms with Gasteiger partial charge >= 0.3 is 0 Å². The first-order chi connectivity index (χ1) is 8.56. The van der Waals surface area contributed by atoms with E-state index in [2.05, 4.69) is 26.2 Å². The predicted molar refractivity (Wildman–Crippen MR) is 71.0 cm³/mol. The zero-order chi connectivity index (χ0) is 13.1. The van der Waals surface area contributed by atoms with E-state index in [0.29, 0.717) is 10.0 Å². The van der Waals surface area contributed by atoms with Gasteiger partial charge in [-0.15, -0.1) is 0 Å². The van der Waals surface area contributed by atoms with Crippen molar-refractivity contribution < 1.29 is 9.18 Å². The number of carbonyl (C=O) groups excluding carboxylic acids is 1. The van der Waals surface area contributed by atoms with Crippen molar-refractivity contribution in [2.24, 2.45) is 0 Å².